The molecule has 2 heterocycles. The second-order valence-corrected chi connectivity index (χ2v) is 8.96. The van der Waals surface area contributed by atoms with Gasteiger partial charge in [-0.1, -0.05) is 0 Å². The molecule has 4 aromatic rings. The van der Waals surface area contributed by atoms with Crippen LogP contribution in [0, 0.1) is 13.8 Å². The number of halogens is 1. The molecular formula is C25H28ClFeN3. The fourth-order valence-corrected chi connectivity index (χ4v) is 4.58. The van der Waals surface area contributed by atoms with Crippen LogP contribution in [0.15, 0.2) is 61.2 Å². The minimum atomic E-state index is 0. The fraction of sp³-hybridized carbons (Fsp3) is 0.200. The number of fused-ring (bicyclic) bond motifs is 3. The van der Waals surface area contributed by atoms with Gasteiger partial charge in [0.25, 0.3) is 0 Å². The molecule has 30 heavy (non-hydrogen) atoms. The number of hydrogen-bond acceptors (Lipinski definition) is 3. The van der Waals surface area contributed by atoms with Gasteiger partial charge >= 0.3 is 173 Å². The Hall–Kier alpha value is -2.23. The smallest absolute Gasteiger partial charge is 0.147 e. The Balaban J connectivity index is 0.00000160. The van der Waals surface area contributed by atoms with Gasteiger partial charge in [0.1, 0.15) is 0 Å². The molecule has 158 valence electrons. The first-order valence-electron chi connectivity index (χ1n) is 9.52. The summed E-state index contributed by atoms with van der Waals surface area (Å²) in [6, 6.07) is 19.2. The first-order chi connectivity index (χ1) is 13.4. The number of nitrogens with zero attached hydrogens (tertiary/aromatic N) is 2. The fourth-order valence-electron chi connectivity index (χ4n) is 3.33. The van der Waals surface area contributed by atoms with Crippen LogP contribution in [-0.4, -0.2) is 9.97 Å². The van der Waals surface area contributed by atoms with Gasteiger partial charge in [-0.2, -0.15) is 0 Å². The van der Waals surface area contributed by atoms with Crippen molar-refractivity contribution in [1.29, 1.82) is 0 Å². The molecule has 0 fully saturated rings. The third-order valence-electron chi connectivity index (χ3n) is 4.97. The molecule has 0 amide bonds. The molecule has 0 saturated carbocycles. The number of pyridine rings is 2. The summed E-state index contributed by atoms with van der Waals surface area (Å²) < 4.78 is 2.38. The second-order valence-electron chi connectivity index (χ2n) is 7.47. The van der Waals surface area contributed by atoms with Gasteiger partial charge in [-0.3, -0.25) is 0 Å². The molecule has 0 aliphatic rings. The zero-order valence-electron chi connectivity index (χ0n) is 17.8. The van der Waals surface area contributed by atoms with E-state index in [1.54, 1.807) is 0 Å². The number of benzene rings is 2. The first-order valence-corrected chi connectivity index (χ1v) is 10.6. The number of aromatic nitrogens is 2. The van der Waals surface area contributed by atoms with Gasteiger partial charge in [0.15, 0.2) is 0 Å². The molecule has 4 rings (SSSR count). The average molecular weight is 462 g/mol. The van der Waals surface area contributed by atoms with Gasteiger partial charge in [0.2, 0.25) is 0 Å². The van der Waals surface area contributed by atoms with Crippen LogP contribution in [0.25, 0.3) is 26.3 Å². The van der Waals surface area contributed by atoms with Crippen LogP contribution in [0.5, 0.6) is 0 Å². The zero-order chi connectivity index (χ0) is 19.8. The van der Waals surface area contributed by atoms with Crippen LogP contribution in [0.1, 0.15) is 42.3 Å². The minimum Gasteiger partial charge on any atom is -0.344 e. The Bertz CT molecular complexity index is 1200. The summed E-state index contributed by atoms with van der Waals surface area (Å²) >= 11 is 0.812. The predicted octanol–water partition coefficient (Wildman–Crippen LogP) is 6.49. The molecule has 3 nitrogen and oxygen atoms in total. The van der Waals surface area contributed by atoms with Crippen molar-refractivity contribution < 1.29 is 15.0 Å². The third kappa shape index (κ3) is 4.58. The summed E-state index contributed by atoms with van der Waals surface area (Å²) in [7, 11) is 0. The molecule has 2 aromatic carbocycles. The molecule has 0 aliphatic heterocycles. The van der Waals surface area contributed by atoms with Gasteiger partial charge in [-0.15, -0.1) is 12.4 Å². The first kappa shape index (κ1) is 24.0. The van der Waals surface area contributed by atoms with E-state index in [1.165, 1.54) is 15.6 Å². The summed E-state index contributed by atoms with van der Waals surface area (Å²) in [4.78, 5) is 9.92. The van der Waals surface area contributed by atoms with Crippen molar-refractivity contribution in [3.63, 3.8) is 0 Å². The molecule has 0 saturated heterocycles. The number of hydrogen-bond donors (Lipinski definition) is 1. The van der Waals surface area contributed by atoms with Gasteiger partial charge in [0.05, 0.1) is 0 Å². The van der Waals surface area contributed by atoms with Crippen molar-refractivity contribution in [2.24, 2.45) is 0 Å². The average Bonchev–Trinajstić information content (AvgIpc) is 2.69. The maximum Gasteiger partial charge on any atom is -0.147 e. The summed E-state index contributed by atoms with van der Waals surface area (Å²) in [6.07, 6.45) is 0. The monoisotopic (exact) mass is 461 g/mol. The maximum atomic E-state index is 5.00. The van der Waals surface area contributed by atoms with Crippen LogP contribution in [0.3, 0.4) is 0 Å². The van der Waals surface area contributed by atoms with Gasteiger partial charge in [-0.05, 0) is 0 Å². The van der Waals surface area contributed by atoms with Gasteiger partial charge in [0, 0.05) is 0 Å². The van der Waals surface area contributed by atoms with Crippen LogP contribution >= 0.6 is 12.4 Å². The van der Waals surface area contributed by atoms with Crippen molar-refractivity contribution >= 4 is 43.1 Å². The Morgan fingerprint density at radius 3 is 1.97 bits per heavy atom. The molecule has 0 radical (unpaired) electrons. The van der Waals surface area contributed by atoms with E-state index < -0.39 is 0 Å². The SMILES string of the molecule is C=[C]([Fe][c]1c(C)cccc1C)c1ccc2ccc3ccc(C(C)C)nc3c2n1.Cl.N. The van der Waals surface area contributed by atoms with Crippen molar-refractivity contribution in [3.8, 4) is 0 Å². The quantitative estimate of drug-likeness (QED) is 0.279. The molecule has 0 spiro atoms. The molecular weight excluding hydrogens is 434 g/mol. The Labute approximate surface area is 191 Å². The minimum absolute atomic E-state index is 0. The van der Waals surface area contributed by atoms with Crippen LogP contribution in [0.2, 0.25) is 0 Å². The maximum absolute atomic E-state index is 5.00. The Kier molecular flexibility index (Phi) is 7.79. The molecule has 0 aliphatic carbocycles. The van der Waals surface area contributed by atoms with E-state index in [0.717, 1.165) is 52.6 Å². The molecule has 5 heteroatoms. The standard InChI is InChI=1S/C17H15N2.C8H9.ClH.Fe.H3N/c1-4-14-9-7-12-5-6-13-8-10-15(11(2)3)19-17(13)16(12)18-14;1-7-4-3-5-8(2)6-7;;;/h5-11H,1H2,2-3H3;3-5H,1-2H3;1H;;1H3. The van der Waals surface area contributed by atoms with E-state index in [2.05, 4.69) is 88.9 Å². The molecule has 0 unspecified atom stereocenters. The van der Waals surface area contributed by atoms with Crippen molar-refractivity contribution in [1.82, 2.24) is 16.1 Å². The topological polar surface area (TPSA) is 60.8 Å². The summed E-state index contributed by atoms with van der Waals surface area (Å²) in [5.74, 6) is 0.391. The molecule has 3 N–H and O–H groups in total. The van der Waals surface area contributed by atoms with Crippen molar-refractivity contribution in [3.05, 3.63) is 83.7 Å². The third-order valence-corrected chi connectivity index (χ3v) is 6.73. The molecule has 0 bridgehead atoms. The Morgan fingerprint density at radius 1 is 0.833 bits per heavy atom. The van der Waals surface area contributed by atoms with Crippen LogP contribution in [-0.2, 0) is 15.0 Å². The number of aryl methyl sites for hydroxylation is 2. The summed E-state index contributed by atoms with van der Waals surface area (Å²) in [6.45, 7) is 13.0. The zero-order valence-corrected chi connectivity index (χ0v) is 19.8. The summed E-state index contributed by atoms with van der Waals surface area (Å²) in [5.41, 5.74) is 6.58. The molecule has 2 aromatic heterocycles. The van der Waals surface area contributed by atoms with Gasteiger partial charge < -0.3 is 6.15 Å². The van der Waals surface area contributed by atoms with Crippen LogP contribution in [0.4, 0.5) is 0 Å². The van der Waals surface area contributed by atoms with E-state index in [1.807, 2.05) is 0 Å². The van der Waals surface area contributed by atoms with Gasteiger partial charge in [-0.25, -0.2) is 0 Å². The largest absolute Gasteiger partial charge is 0.344 e. The van der Waals surface area contributed by atoms with E-state index in [4.69, 9.17) is 9.97 Å². The van der Waals surface area contributed by atoms with Crippen LogP contribution < -0.4 is 10.6 Å². The van der Waals surface area contributed by atoms with Crippen molar-refractivity contribution in [2.75, 3.05) is 0 Å². The van der Waals surface area contributed by atoms with E-state index in [0.29, 0.717) is 5.92 Å². The van der Waals surface area contributed by atoms with Crippen molar-refractivity contribution in [2.45, 2.75) is 33.6 Å². The molecule has 0 atom stereocenters. The predicted molar refractivity (Wildman–Crippen MR) is 128 cm³/mol. The van der Waals surface area contributed by atoms with E-state index >= 15 is 0 Å². The normalized spacial score (nSPS) is 10.8. The number of rotatable bonds is 4. The van der Waals surface area contributed by atoms with E-state index in [-0.39, 0.29) is 18.6 Å². The van der Waals surface area contributed by atoms with E-state index in [9.17, 15) is 0 Å². The Morgan fingerprint density at radius 2 is 1.37 bits per heavy atom. The summed E-state index contributed by atoms with van der Waals surface area (Å²) in [5, 5.41) is 2.24. The second kappa shape index (κ2) is 9.72.